The quantitative estimate of drug-likeness (QED) is 0.340. The highest BCUT2D eigenvalue weighted by atomic mass is 16.6. The number of nitrogens with zero attached hydrogens (tertiary/aromatic N) is 2. The van der Waals surface area contributed by atoms with Crippen molar-refractivity contribution < 1.29 is 14.5 Å². The summed E-state index contributed by atoms with van der Waals surface area (Å²) in [6.07, 6.45) is 1.47. The number of hydrazone groups is 1. The summed E-state index contributed by atoms with van der Waals surface area (Å²) < 4.78 is 5.78. The fourth-order valence-electron chi connectivity index (χ4n) is 2.66. The van der Waals surface area contributed by atoms with Crippen molar-refractivity contribution in [2.24, 2.45) is 5.10 Å². The van der Waals surface area contributed by atoms with Crippen LogP contribution >= 0.6 is 0 Å². The van der Waals surface area contributed by atoms with Crippen molar-refractivity contribution in [3.63, 3.8) is 0 Å². The number of hydrogen-bond acceptors (Lipinski definition) is 5. The van der Waals surface area contributed by atoms with Gasteiger partial charge in [0.1, 0.15) is 12.4 Å². The molecule has 152 valence electrons. The van der Waals surface area contributed by atoms with Gasteiger partial charge < -0.3 is 10.1 Å². The molecule has 0 saturated heterocycles. The minimum atomic E-state index is -0.462. The van der Waals surface area contributed by atoms with Crippen molar-refractivity contribution in [3.05, 3.63) is 99.6 Å². The third-order valence-electron chi connectivity index (χ3n) is 4.20. The second-order valence-electron chi connectivity index (χ2n) is 6.39. The fraction of sp³-hybridized carbons (Fsp3) is 0.0909. The van der Waals surface area contributed by atoms with Crippen LogP contribution in [0.5, 0.6) is 5.75 Å². The van der Waals surface area contributed by atoms with E-state index in [9.17, 15) is 14.9 Å². The summed E-state index contributed by atoms with van der Waals surface area (Å²) in [6, 6.07) is 20.4. The third kappa shape index (κ3) is 5.65. The Hall–Kier alpha value is -4.20. The number of urea groups is 1. The monoisotopic (exact) mass is 404 g/mol. The van der Waals surface area contributed by atoms with E-state index in [0.717, 1.165) is 5.56 Å². The van der Waals surface area contributed by atoms with Crippen LogP contribution in [0.15, 0.2) is 77.9 Å². The maximum Gasteiger partial charge on any atom is 0.339 e. The van der Waals surface area contributed by atoms with Crippen LogP contribution < -0.4 is 15.5 Å². The van der Waals surface area contributed by atoms with E-state index >= 15 is 0 Å². The predicted molar refractivity (Wildman–Crippen MR) is 115 cm³/mol. The molecule has 0 aliphatic rings. The van der Waals surface area contributed by atoms with Crippen molar-refractivity contribution in [2.45, 2.75) is 13.5 Å². The summed E-state index contributed by atoms with van der Waals surface area (Å²) in [5.74, 6) is 0.536. The lowest BCUT2D eigenvalue weighted by molar-refractivity contribution is -0.384. The third-order valence-corrected chi connectivity index (χ3v) is 4.20. The lowest BCUT2D eigenvalue weighted by Crippen LogP contribution is -2.24. The van der Waals surface area contributed by atoms with Gasteiger partial charge in [0.05, 0.1) is 11.1 Å². The van der Waals surface area contributed by atoms with Crippen molar-refractivity contribution in [1.29, 1.82) is 0 Å². The molecule has 0 aliphatic carbocycles. The van der Waals surface area contributed by atoms with Crippen molar-refractivity contribution in [3.8, 4) is 5.75 Å². The first-order valence-electron chi connectivity index (χ1n) is 9.14. The number of hydrogen-bond donors (Lipinski definition) is 2. The number of carbonyl (C=O) groups excluding carboxylic acids is 1. The number of para-hydroxylation sites is 2. The Kier molecular flexibility index (Phi) is 6.73. The summed E-state index contributed by atoms with van der Waals surface area (Å²) in [6.45, 7) is 2.06. The zero-order chi connectivity index (χ0) is 21.3. The summed E-state index contributed by atoms with van der Waals surface area (Å²) in [7, 11) is 0. The first-order valence-corrected chi connectivity index (χ1v) is 9.14. The smallest absolute Gasteiger partial charge is 0.339 e. The van der Waals surface area contributed by atoms with Gasteiger partial charge >= 0.3 is 6.03 Å². The SMILES string of the molecule is Cc1ccccc1NC(=O)NN=Cc1ccccc1OCc1cccc([N+](=O)[O-])c1. The van der Waals surface area contributed by atoms with Crippen molar-refractivity contribution >= 4 is 23.6 Å². The van der Waals surface area contributed by atoms with Gasteiger partial charge in [0.25, 0.3) is 5.69 Å². The minimum Gasteiger partial charge on any atom is -0.488 e. The van der Waals surface area contributed by atoms with Crippen LogP contribution in [0.1, 0.15) is 16.7 Å². The zero-order valence-electron chi connectivity index (χ0n) is 16.2. The topological polar surface area (TPSA) is 106 Å². The summed E-state index contributed by atoms with van der Waals surface area (Å²) >= 11 is 0. The molecular formula is C22H20N4O4. The molecule has 0 aromatic heterocycles. The van der Waals surface area contributed by atoms with E-state index in [0.29, 0.717) is 22.6 Å². The molecule has 0 aliphatic heterocycles. The van der Waals surface area contributed by atoms with E-state index in [2.05, 4.69) is 15.8 Å². The van der Waals surface area contributed by atoms with E-state index in [4.69, 9.17) is 4.74 Å². The Balaban J connectivity index is 1.61. The van der Waals surface area contributed by atoms with Gasteiger partial charge in [-0.2, -0.15) is 5.10 Å². The molecule has 8 heteroatoms. The number of carbonyl (C=O) groups is 1. The van der Waals surface area contributed by atoms with E-state index < -0.39 is 11.0 Å². The average molecular weight is 404 g/mol. The molecule has 0 spiro atoms. The number of aryl methyl sites for hydroxylation is 1. The van der Waals surface area contributed by atoms with Gasteiger partial charge in [-0.1, -0.05) is 42.5 Å². The van der Waals surface area contributed by atoms with E-state index in [1.807, 2.05) is 31.2 Å². The lowest BCUT2D eigenvalue weighted by atomic mass is 10.2. The number of nitro groups is 1. The molecule has 8 nitrogen and oxygen atoms in total. The number of anilines is 1. The van der Waals surface area contributed by atoms with Gasteiger partial charge in [-0.3, -0.25) is 10.1 Å². The second-order valence-corrected chi connectivity index (χ2v) is 6.39. The number of amides is 2. The van der Waals surface area contributed by atoms with Gasteiger partial charge in [-0.15, -0.1) is 0 Å². The Morgan fingerprint density at radius 1 is 1.10 bits per heavy atom. The van der Waals surface area contributed by atoms with E-state index in [1.165, 1.54) is 18.3 Å². The van der Waals surface area contributed by atoms with Gasteiger partial charge in [-0.05, 0) is 36.2 Å². The van der Waals surface area contributed by atoms with Crippen LogP contribution in [0.25, 0.3) is 0 Å². The van der Waals surface area contributed by atoms with Crippen LogP contribution in [0.4, 0.5) is 16.2 Å². The summed E-state index contributed by atoms with van der Waals surface area (Å²) in [4.78, 5) is 22.5. The molecule has 3 rings (SSSR count). The average Bonchev–Trinajstić information content (AvgIpc) is 2.75. The lowest BCUT2D eigenvalue weighted by Gasteiger charge is -2.09. The molecule has 0 unspecified atom stereocenters. The molecule has 0 heterocycles. The van der Waals surface area contributed by atoms with Gasteiger partial charge in [0.2, 0.25) is 0 Å². The van der Waals surface area contributed by atoms with Crippen LogP contribution in [-0.2, 0) is 6.61 Å². The molecule has 0 radical (unpaired) electrons. The largest absolute Gasteiger partial charge is 0.488 e. The molecule has 3 aromatic rings. The second kappa shape index (κ2) is 9.83. The van der Waals surface area contributed by atoms with E-state index in [1.54, 1.807) is 36.4 Å². The van der Waals surface area contributed by atoms with Crippen LogP contribution in [0, 0.1) is 17.0 Å². The van der Waals surface area contributed by atoms with E-state index in [-0.39, 0.29) is 12.3 Å². The maximum absolute atomic E-state index is 12.0. The van der Waals surface area contributed by atoms with Gasteiger partial charge in [-0.25, -0.2) is 10.2 Å². The summed E-state index contributed by atoms with van der Waals surface area (Å²) in [5, 5.41) is 17.6. The normalized spacial score (nSPS) is 10.6. The first kappa shape index (κ1) is 20.5. The van der Waals surface area contributed by atoms with Crippen LogP contribution in [0.3, 0.4) is 0 Å². The Morgan fingerprint density at radius 2 is 1.87 bits per heavy atom. The predicted octanol–water partition coefficient (Wildman–Crippen LogP) is 4.64. The minimum absolute atomic E-state index is 0.00909. The molecule has 0 fully saturated rings. The highest BCUT2D eigenvalue weighted by molar-refractivity contribution is 5.91. The Bertz CT molecular complexity index is 1080. The van der Waals surface area contributed by atoms with Crippen molar-refractivity contribution in [2.75, 3.05) is 5.32 Å². The number of benzene rings is 3. The van der Waals surface area contributed by atoms with Crippen molar-refractivity contribution in [1.82, 2.24) is 5.43 Å². The number of nitro benzene ring substituents is 1. The number of rotatable bonds is 7. The zero-order valence-corrected chi connectivity index (χ0v) is 16.2. The molecule has 3 aromatic carbocycles. The molecule has 30 heavy (non-hydrogen) atoms. The Morgan fingerprint density at radius 3 is 2.67 bits per heavy atom. The number of nitrogens with one attached hydrogen (secondary N) is 2. The number of non-ortho nitro benzene ring substituents is 1. The molecular weight excluding hydrogens is 384 g/mol. The maximum atomic E-state index is 12.0. The van der Waals surface area contributed by atoms with Crippen LogP contribution in [-0.4, -0.2) is 17.2 Å². The van der Waals surface area contributed by atoms with Gasteiger partial charge in [0.15, 0.2) is 0 Å². The molecule has 0 saturated carbocycles. The van der Waals surface area contributed by atoms with Gasteiger partial charge in [0, 0.05) is 23.4 Å². The standard InChI is InChI=1S/C22H20N4O4/c1-16-7-2-4-11-20(16)24-22(27)25-23-14-18-9-3-5-12-21(18)30-15-17-8-6-10-19(13-17)26(28)29/h2-14H,15H2,1H3,(H2,24,25,27). The highest BCUT2D eigenvalue weighted by Crippen LogP contribution is 2.19. The first-order chi connectivity index (χ1) is 14.5. The molecule has 2 N–H and O–H groups in total. The van der Waals surface area contributed by atoms with Crippen LogP contribution in [0.2, 0.25) is 0 Å². The highest BCUT2D eigenvalue weighted by Gasteiger charge is 2.07. The molecule has 0 bridgehead atoms. The molecule has 2 amide bonds. The summed E-state index contributed by atoms with van der Waals surface area (Å²) in [5.41, 5.74) is 5.39. The molecule has 0 atom stereocenters. The Labute approximate surface area is 173 Å². The fourth-order valence-corrected chi connectivity index (χ4v) is 2.66. The number of ether oxygens (including phenoxy) is 1.